The van der Waals surface area contributed by atoms with Crippen molar-refractivity contribution in [2.45, 2.75) is 71.4 Å². The van der Waals surface area contributed by atoms with Crippen LogP contribution in [0, 0.1) is 0 Å². The second-order valence-electron chi connectivity index (χ2n) is 5.91. The Bertz CT molecular complexity index is 465. The van der Waals surface area contributed by atoms with Crippen LogP contribution < -0.4 is 10.6 Å². The van der Waals surface area contributed by atoms with Crippen molar-refractivity contribution in [1.29, 1.82) is 0 Å². The number of aromatic nitrogens is 3. The van der Waals surface area contributed by atoms with Gasteiger partial charge in [-0.2, -0.15) is 0 Å². The predicted molar refractivity (Wildman–Crippen MR) is 89.9 cm³/mol. The van der Waals surface area contributed by atoms with Crippen molar-refractivity contribution in [2.75, 3.05) is 13.6 Å². The number of aryl methyl sites for hydroxylation is 1. The number of hydrogen-bond donors (Lipinski definition) is 2. The van der Waals surface area contributed by atoms with Crippen molar-refractivity contribution in [3.8, 4) is 0 Å². The van der Waals surface area contributed by atoms with E-state index in [9.17, 15) is 0 Å². The molecule has 1 aliphatic rings. The largest absolute Gasteiger partial charge is 0.356 e. The molecule has 0 radical (unpaired) electrons. The lowest BCUT2D eigenvalue weighted by Crippen LogP contribution is -2.37. The van der Waals surface area contributed by atoms with Crippen LogP contribution in [0.2, 0.25) is 0 Å². The van der Waals surface area contributed by atoms with E-state index in [1.54, 1.807) is 0 Å². The van der Waals surface area contributed by atoms with Gasteiger partial charge in [0.05, 0.1) is 6.54 Å². The van der Waals surface area contributed by atoms with Crippen molar-refractivity contribution in [1.82, 2.24) is 25.4 Å². The summed E-state index contributed by atoms with van der Waals surface area (Å²) in [7, 11) is 1.81. The molecule has 124 valence electrons. The van der Waals surface area contributed by atoms with Gasteiger partial charge < -0.3 is 15.2 Å². The summed E-state index contributed by atoms with van der Waals surface area (Å²) in [6.07, 6.45) is 9.83. The van der Waals surface area contributed by atoms with Gasteiger partial charge >= 0.3 is 0 Å². The minimum atomic E-state index is 0.682. The van der Waals surface area contributed by atoms with Crippen LogP contribution in [0.15, 0.2) is 4.99 Å². The van der Waals surface area contributed by atoms with Gasteiger partial charge in [-0.3, -0.25) is 4.99 Å². The predicted octanol–water partition coefficient (Wildman–Crippen LogP) is 2.25. The fraction of sp³-hybridized carbons (Fsp3) is 0.812. The lowest BCUT2D eigenvalue weighted by molar-refractivity contribution is 0.595. The van der Waals surface area contributed by atoms with Gasteiger partial charge in [0.1, 0.15) is 5.82 Å². The van der Waals surface area contributed by atoms with Gasteiger partial charge in [0.2, 0.25) is 0 Å². The van der Waals surface area contributed by atoms with E-state index in [1.807, 2.05) is 7.05 Å². The maximum Gasteiger partial charge on any atom is 0.191 e. The van der Waals surface area contributed by atoms with Crippen LogP contribution in [0.1, 0.15) is 63.5 Å². The molecule has 1 aromatic rings. The first kappa shape index (κ1) is 16.8. The Morgan fingerprint density at radius 3 is 2.86 bits per heavy atom. The zero-order chi connectivity index (χ0) is 15.6. The monoisotopic (exact) mass is 306 g/mol. The lowest BCUT2D eigenvalue weighted by atomic mass is 10.2. The van der Waals surface area contributed by atoms with Gasteiger partial charge in [-0.1, -0.05) is 32.6 Å². The Hall–Kier alpha value is -1.59. The summed E-state index contributed by atoms with van der Waals surface area (Å²) in [6, 6.07) is 0. The highest BCUT2D eigenvalue weighted by atomic mass is 15.3. The van der Waals surface area contributed by atoms with E-state index in [0.717, 1.165) is 37.1 Å². The average molecular weight is 306 g/mol. The molecule has 0 unspecified atom stereocenters. The van der Waals surface area contributed by atoms with E-state index < -0.39 is 0 Å². The minimum Gasteiger partial charge on any atom is -0.356 e. The number of rotatable bonds is 7. The summed E-state index contributed by atoms with van der Waals surface area (Å²) in [6.45, 7) is 4.93. The average Bonchev–Trinajstić information content (AvgIpc) is 2.77. The Balaban J connectivity index is 1.77. The molecule has 0 aromatic carbocycles. The highest BCUT2D eigenvalue weighted by Gasteiger charge is 2.14. The molecule has 6 nitrogen and oxygen atoms in total. The highest BCUT2D eigenvalue weighted by Crippen LogP contribution is 2.14. The van der Waals surface area contributed by atoms with Crippen molar-refractivity contribution in [3.05, 3.63) is 11.6 Å². The summed E-state index contributed by atoms with van der Waals surface area (Å²) in [5.41, 5.74) is 0. The van der Waals surface area contributed by atoms with E-state index in [0.29, 0.717) is 6.54 Å². The van der Waals surface area contributed by atoms with Gasteiger partial charge in [0, 0.05) is 26.6 Å². The van der Waals surface area contributed by atoms with Crippen LogP contribution in [-0.2, 0) is 19.5 Å². The van der Waals surface area contributed by atoms with E-state index in [1.165, 1.54) is 44.9 Å². The van der Waals surface area contributed by atoms with Gasteiger partial charge in [0.15, 0.2) is 11.8 Å². The normalized spacial score (nSPS) is 15.3. The summed E-state index contributed by atoms with van der Waals surface area (Å²) in [5.74, 6) is 3.00. The standard InChI is InChI=1S/C16H30N6/c1-3-4-5-8-11-18-16(17-2)19-13-15-21-20-14-10-7-6-9-12-22(14)15/h3-13H2,1-2H3,(H2,17,18,19). The third-order valence-corrected chi connectivity index (χ3v) is 4.15. The molecule has 6 heteroatoms. The molecule has 0 amide bonds. The molecule has 2 N–H and O–H groups in total. The first-order valence-corrected chi connectivity index (χ1v) is 8.70. The molecule has 0 bridgehead atoms. The van der Waals surface area contributed by atoms with Gasteiger partial charge in [-0.25, -0.2) is 0 Å². The second-order valence-corrected chi connectivity index (χ2v) is 5.91. The summed E-state index contributed by atoms with van der Waals surface area (Å²) in [4.78, 5) is 4.27. The molecular formula is C16H30N6. The van der Waals surface area contributed by atoms with E-state index in [-0.39, 0.29) is 0 Å². The number of fused-ring (bicyclic) bond motifs is 1. The Labute approximate surface area is 133 Å². The molecule has 0 saturated heterocycles. The van der Waals surface area contributed by atoms with Crippen molar-refractivity contribution in [2.24, 2.45) is 4.99 Å². The molecule has 0 saturated carbocycles. The molecule has 0 fully saturated rings. The zero-order valence-electron chi connectivity index (χ0n) is 14.1. The van der Waals surface area contributed by atoms with E-state index in [2.05, 4.69) is 37.3 Å². The van der Waals surface area contributed by atoms with Crippen molar-refractivity contribution >= 4 is 5.96 Å². The topological polar surface area (TPSA) is 67.1 Å². The van der Waals surface area contributed by atoms with Crippen LogP contribution in [0.4, 0.5) is 0 Å². The van der Waals surface area contributed by atoms with Gasteiger partial charge in [0.25, 0.3) is 0 Å². The molecule has 2 rings (SSSR count). The van der Waals surface area contributed by atoms with Crippen LogP contribution in [0.3, 0.4) is 0 Å². The summed E-state index contributed by atoms with van der Waals surface area (Å²) in [5, 5.41) is 15.4. The maximum absolute atomic E-state index is 4.33. The lowest BCUT2D eigenvalue weighted by Gasteiger charge is -2.12. The Morgan fingerprint density at radius 2 is 2.05 bits per heavy atom. The number of nitrogens with zero attached hydrogens (tertiary/aromatic N) is 4. The molecule has 0 spiro atoms. The number of unbranched alkanes of at least 4 members (excludes halogenated alkanes) is 3. The molecule has 0 atom stereocenters. The zero-order valence-corrected chi connectivity index (χ0v) is 14.1. The van der Waals surface area contributed by atoms with Crippen molar-refractivity contribution < 1.29 is 0 Å². The molecule has 0 aliphatic carbocycles. The maximum atomic E-state index is 4.33. The van der Waals surface area contributed by atoms with Crippen LogP contribution in [0.5, 0.6) is 0 Å². The Kier molecular flexibility index (Phi) is 7.19. The second kappa shape index (κ2) is 9.43. The third-order valence-electron chi connectivity index (χ3n) is 4.15. The quantitative estimate of drug-likeness (QED) is 0.460. The van der Waals surface area contributed by atoms with Gasteiger partial charge in [-0.05, 0) is 19.3 Å². The van der Waals surface area contributed by atoms with E-state index >= 15 is 0 Å². The number of hydrogen-bond acceptors (Lipinski definition) is 3. The number of guanidine groups is 1. The fourth-order valence-electron chi connectivity index (χ4n) is 2.82. The summed E-state index contributed by atoms with van der Waals surface area (Å²) < 4.78 is 2.27. The van der Waals surface area contributed by atoms with Crippen LogP contribution >= 0.6 is 0 Å². The fourth-order valence-corrected chi connectivity index (χ4v) is 2.82. The van der Waals surface area contributed by atoms with Crippen molar-refractivity contribution in [3.63, 3.8) is 0 Å². The van der Waals surface area contributed by atoms with Crippen LogP contribution in [0.25, 0.3) is 0 Å². The first-order valence-electron chi connectivity index (χ1n) is 8.70. The smallest absolute Gasteiger partial charge is 0.191 e. The molecular weight excluding hydrogens is 276 g/mol. The molecule has 22 heavy (non-hydrogen) atoms. The van der Waals surface area contributed by atoms with Gasteiger partial charge in [-0.15, -0.1) is 10.2 Å². The SMILES string of the molecule is CCCCCCNC(=NC)NCc1nnc2n1CCCCC2. The first-order chi connectivity index (χ1) is 10.8. The molecule has 1 aliphatic heterocycles. The van der Waals surface area contributed by atoms with Crippen LogP contribution in [-0.4, -0.2) is 34.3 Å². The highest BCUT2D eigenvalue weighted by molar-refractivity contribution is 5.79. The number of aliphatic imine (C=N–C) groups is 1. The number of nitrogens with one attached hydrogen (secondary N) is 2. The molecule has 2 heterocycles. The minimum absolute atomic E-state index is 0.682. The summed E-state index contributed by atoms with van der Waals surface area (Å²) >= 11 is 0. The molecule has 1 aromatic heterocycles. The van der Waals surface area contributed by atoms with E-state index in [4.69, 9.17) is 0 Å². The third kappa shape index (κ3) is 5.00. The Morgan fingerprint density at radius 1 is 1.14 bits per heavy atom.